The van der Waals surface area contributed by atoms with Gasteiger partial charge in [0, 0.05) is 38.6 Å². The third-order valence-electron chi connectivity index (χ3n) is 2.50. The molecule has 0 aliphatic heterocycles. The van der Waals surface area contributed by atoms with E-state index in [1.807, 2.05) is 13.0 Å². The molecule has 0 aromatic heterocycles. The molecule has 0 spiro atoms. The van der Waals surface area contributed by atoms with Gasteiger partial charge >= 0.3 is 0 Å². The first-order valence-corrected chi connectivity index (χ1v) is 4.09. The zero-order valence-electron chi connectivity index (χ0n) is 7.60. The van der Waals surface area contributed by atoms with Crippen LogP contribution in [0.15, 0.2) is 6.08 Å². The molecule has 12 heavy (non-hydrogen) atoms. The third-order valence-corrected chi connectivity index (χ3v) is 2.74. The Balaban J connectivity index is 0.00000121. The van der Waals surface area contributed by atoms with Gasteiger partial charge in [0.05, 0.1) is 0 Å². The molecule has 0 amide bonds. The summed E-state index contributed by atoms with van der Waals surface area (Å²) in [5, 5.41) is -0.216. The van der Waals surface area contributed by atoms with Crippen molar-refractivity contribution in [2.24, 2.45) is 17.3 Å². The number of allylic oxidation sites excluding steroid dienone is 2. The third kappa shape index (κ3) is 2.18. The molecule has 65 valence electrons. The Hall–Kier alpha value is 0.804. The molecule has 0 bridgehead atoms. The van der Waals surface area contributed by atoms with E-state index in [9.17, 15) is 4.79 Å². The van der Waals surface area contributed by atoms with E-state index in [1.54, 1.807) is 0 Å². The van der Waals surface area contributed by atoms with Crippen LogP contribution in [0.5, 0.6) is 0 Å². The van der Waals surface area contributed by atoms with Crippen molar-refractivity contribution in [3.8, 4) is 0 Å². The number of hydrogen-bond donors (Lipinski definition) is 0. The van der Waals surface area contributed by atoms with Crippen molar-refractivity contribution < 1.29 is 37.5 Å². The summed E-state index contributed by atoms with van der Waals surface area (Å²) in [7, 11) is 0. The van der Waals surface area contributed by atoms with Crippen molar-refractivity contribution >= 4 is 16.8 Å². The van der Waals surface area contributed by atoms with Gasteiger partial charge in [-0.15, -0.1) is 0 Å². The van der Waals surface area contributed by atoms with Crippen molar-refractivity contribution in [1.29, 1.82) is 0 Å². The molecule has 1 nitrogen and oxygen atoms in total. The van der Waals surface area contributed by atoms with Gasteiger partial charge in [-0.05, 0) is 22.9 Å². The summed E-state index contributed by atoms with van der Waals surface area (Å²) in [5.74, 6) is 0.314. The molecule has 0 heterocycles. The van der Waals surface area contributed by atoms with Crippen LogP contribution in [0.4, 0.5) is 0 Å². The van der Waals surface area contributed by atoms with Crippen LogP contribution in [0.25, 0.3) is 0 Å². The molecule has 0 aromatic rings. The molecule has 0 aromatic carbocycles. The van der Waals surface area contributed by atoms with Gasteiger partial charge in [0.15, 0.2) is 0 Å². The predicted octanol–water partition coefficient (Wildman–Crippen LogP) is 2.40. The monoisotopic (exact) mass is 260 g/mol. The van der Waals surface area contributed by atoms with Crippen LogP contribution in [0, 0.1) is 23.3 Å². The van der Waals surface area contributed by atoms with Gasteiger partial charge in [-0.25, -0.2) is 0 Å². The second-order valence-corrected chi connectivity index (χ2v) is 3.96. The second-order valence-electron chi connectivity index (χ2n) is 3.58. The molecule has 3 heteroatoms. The first-order valence-electron chi connectivity index (χ1n) is 3.71. The summed E-state index contributed by atoms with van der Waals surface area (Å²) in [6.07, 6.45) is 4.87. The van der Waals surface area contributed by atoms with Crippen molar-refractivity contribution in [2.45, 2.75) is 20.8 Å². The summed E-state index contributed by atoms with van der Waals surface area (Å²) in [6.45, 7) is 5.94. The predicted molar refractivity (Wildman–Crippen MR) is 45.1 cm³/mol. The molecular weight excluding hydrogens is 248 g/mol. The first kappa shape index (κ1) is 12.8. The van der Waals surface area contributed by atoms with Crippen LogP contribution in [-0.4, -0.2) is 5.24 Å². The van der Waals surface area contributed by atoms with Gasteiger partial charge in [-0.2, -0.15) is 6.92 Å². The van der Waals surface area contributed by atoms with Gasteiger partial charge in [-0.1, -0.05) is 13.8 Å². The molecule has 1 aliphatic rings. The molecular formula is C9H12ClOY-. The summed E-state index contributed by atoms with van der Waals surface area (Å²) in [4.78, 5) is 10.8. The molecule has 1 rings (SSSR count). The Labute approximate surface area is 104 Å². The van der Waals surface area contributed by atoms with Crippen LogP contribution in [-0.2, 0) is 37.5 Å². The molecule has 1 fully saturated rings. The van der Waals surface area contributed by atoms with Gasteiger partial charge in [0.2, 0.25) is 5.24 Å². The van der Waals surface area contributed by atoms with Crippen LogP contribution in [0.2, 0.25) is 0 Å². The van der Waals surface area contributed by atoms with Gasteiger partial charge in [-0.3, -0.25) is 10.9 Å². The van der Waals surface area contributed by atoms with Gasteiger partial charge in [0.1, 0.15) is 0 Å². The van der Waals surface area contributed by atoms with Crippen molar-refractivity contribution in [3.05, 3.63) is 12.2 Å². The number of hydrogen-bond acceptors (Lipinski definition) is 1. The van der Waals surface area contributed by atoms with Crippen LogP contribution < -0.4 is 0 Å². The normalized spacial score (nSPS) is 31.3. The van der Waals surface area contributed by atoms with Gasteiger partial charge in [0.25, 0.3) is 0 Å². The fraction of sp³-hybridized carbons (Fsp3) is 0.667. The van der Waals surface area contributed by atoms with E-state index in [2.05, 4.69) is 19.9 Å². The maximum atomic E-state index is 10.8. The molecule has 1 saturated carbocycles. The minimum atomic E-state index is -0.216. The minimum absolute atomic E-state index is 0. The second kappa shape index (κ2) is 4.35. The zero-order valence-corrected chi connectivity index (χ0v) is 11.2. The standard InChI is InChI=1S/C9H12ClO.Y/c1-4-5-6-7(8(10)11)9(6,2)3;/h5-7H,1-3H3;/q-1;. The molecule has 0 N–H and O–H groups in total. The van der Waals surface area contributed by atoms with E-state index in [1.165, 1.54) is 0 Å². The van der Waals surface area contributed by atoms with Crippen molar-refractivity contribution in [1.82, 2.24) is 0 Å². The molecule has 2 unspecified atom stereocenters. The van der Waals surface area contributed by atoms with Crippen LogP contribution >= 0.6 is 11.6 Å². The topological polar surface area (TPSA) is 17.1 Å². The number of halogens is 1. The number of carbonyl (C=O) groups is 1. The van der Waals surface area contributed by atoms with Crippen molar-refractivity contribution in [3.63, 3.8) is 0 Å². The Morgan fingerprint density at radius 2 is 2.08 bits per heavy atom. The molecule has 2 atom stereocenters. The summed E-state index contributed by atoms with van der Waals surface area (Å²) < 4.78 is 0. The Kier molecular flexibility index (Phi) is 4.64. The smallest absolute Gasteiger partial charge is 0.225 e. The summed E-state index contributed by atoms with van der Waals surface area (Å²) >= 11 is 5.40. The minimum Gasteiger partial charge on any atom is -0.503 e. The Morgan fingerprint density at radius 3 is 2.33 bits per heavy atom. The maximum Gasteiger partial charge on any atom is 0.225 e. The fourth-order valence-electron chi connectivity index (χ4n) is 1.60. The van der Waals surface area contributed by atoms with E-state index < -0.39 is 0 Å². The Morgan fingerprint density at radius 1 is 1.58 bits per heavy atom. The summed E-state index contributed by atoms with van der Waals surface area (Å²) in [6, 6.07) is 0. The molecule has 1 radical (unpaired) electrons. The average Bonchev–Trinajstić information content (AvgIpc) is 2.35. The molecule has 0 saturated heterocycles. The van der Waals surface area contributed by atoms with Crippen molar-refractivity contribution in [2.75, 3.05) is 0 Å². The first-order chi connectivity index (χ1) is 5.01. The quantitative estimate of drug-likeness (QED) is 0.550. The van der Waals surface area contributed by atoms with E-state index in [-0.39, 0.29) is 49.3 Å². The van der Waals surface area contributed by atoms with Crippen LogP contribution in [0.3, 0.4) is 0 Å². The Bertz CT molecular complexity index is 211. The maximum absolute atomic E-state index is 10.8. The largest absolute Gasteiger partial charge is 0.503 e. The number of rotatable bonds is 2. The molecule has 1 aliphatic carbocycles. The average molecular weight is 261 g/mol. The number of carbonyl (C=O) groups excluding carboxylic acids is 1. The van der Waals surface area contributed by atoms with E-state index in [0.717, 1.165) is 0 Å². The van der Waals surface area contributed by atoms with E-state index in [4.69, 9.17) is 11.6 Å². The fourth-order valence-corrected chi connectivity index (χ4v) is 2.02. The zero-order chi connectivity index (χ0) is 8.65. The van der Waals surface area contributed by atoms with E-state index >= 15 is 0 Å². The SMILES string of the molecule is C[C-]=CC1C(C(=O)Cl)C1(C)C.[Y]. The van der Waals surface area contributed by atoms with Gasteiger partial charge < -0.3 is 6.08 Å². The van der Waals surface area contributed by atoms with E-state index in [0.29, 0.717) is 5.92 Å². The summed E-state index contributed by atoms with van der Waals surface area (Å²) in [5.41, 5.74) is 0.0574. The van der Waals surface area contributed by atoms with Crippen LogP contribution in [0.1, 0.15) is 20.8 Å².